The lowest BCUT2D eigenvalue weighted by molar-refractivity contribution is -0.384. The summed E-state index contributed by atoms with van der Waals surface area (Å²) in [6.45, 7) is 1.82. The Morgan fingerprint density at radius 2 is 1.88 bits per heavy atom. The summed E-state index contributed by atoms with van der Waals surface area (Å²) >= 11 is 0. The Bertz CT molecular complexity index is 715. The van der Waals surface area contributed by atoms with Gasteiger partial charge < -0.3 is 14.8 Å². The van der Waals surface area contributed by atoms with Crippen LogP contribution in [-0.4, -0.2) is 24.0 Å². The highest BCUT2D eigenvalue weighted by Gasteiger charge is 2.19. The minimum atomic E-state index is -0.711. The molecule has 0 radical (unpaired) electrons. The van der Waals surface area contributed by atoms with Gasteiger partial charge in [-0.3, -0.25) is 14.9 Å². The first-order valence-electron chi connectivity index (χ1n) is 7.39. The van der Waals surface area contributed by atoms with E-state index in [-0.39, 0.29) is 11.6 Å². The van der Waals surface area contributed by atoms with Crippen LogP contribution < -0.4 is 14.8 Å². The lowest BCUT2D eigenvalue weighted by Crippen LogP contribution is -2.32. The van der Waals surface area contributed by atoms with Crippen LogP contribution in [0.1, 0.15) is 13.3 Å². The summed E-state index contributed by atoms with van der Waals surface area (Å²) in [6, 6.07) is 12.7. The number of nitrogens with one attached hydrogen (secondary N) is 1. The number of nitro groups is 1. The second kappa shape index (κ2) is 7.96. The Kier molecular flexibility index (Phi) is 5.73. The van der Waals surface area contributed by atoms with Crippen molar-refractivity contribution < 1.29 is 19.2 Å². The van der Waals surface area contributed by atoms with Crippen molar-refractivity contribution in [1.82, 2.24) is 0 Å². The summed E-state index contributed by atoms with van der Waals surface area (Å²) < 4.78 is 10.7. The normalized spacial score (nSPS) is 11.4. The summed E-state index contributed by atoms with van der Waals surface area (Å²) in [4.78, 5) is 22.6. The second-order valence-electron chi connectivity index (χ2n) is 4.99. The zero-order valence-electron chi connectivity index (χ0n) is 13.4. The molecule has 2 aromatic rings. The summed E-state index contributed by atoms with van der Waals surface area (Å²) in [5.74, 6) is 0.863. The van der Waals surface area contributed by atoms with Crippen LogP contribution in [0.15, 0.2) is 48.5 Å². The van der Waals surface area contributed by atoms with Gasteiger partial charge in [-0.2, -0.15) is 0 Å². The molecule has 0 saturated carbocycles. The van der Waals surface area contributed by atoms with Crippen LogP contribution in [0.25, 0.3) is 0 Å². The minimum Gasteiger partial charge on any atom is -0.497 e. The van der Waals surface area contributed by atoms with Crippen LogP contribution in [0.5, 0.6) is 11.5 Å². The van der Waals surface area contributed by atoms with Crippen molar-refractivity contribution in [3.05, 3.63) is 58.6 Å². The highest BCUT2D eigenvalue weighted by Crippen LogP contribution is 2.21. The zero-order chi connectivity index (χ0) is 17.5. The Balaban J connectivity index is 2.05. The molecule has 126 valence electrons. The van der Waals surface area contributed by atoms with E-state index in [0.29, 0.717) is 23.6 Å². The Morgan fingerprint density at radius 1 is 1.21 bits per heavy atom. The van der Waals surface area contributed by atoms with E-state index in [1.165, 1.54) is 18.2 Å². The molecule has 24 heavy (non-hydrogen) atoms. The molecular weight excluding hydrogens is 312 g/mol. The van der Waals surface area contributed by atoms with Crippen LogP contribution >= 0.6 is 0 Å². The molecular formula is C17H18N2O5. The molecule has 0 aliphatic rings. The van der Waals surface area contributed by atoms with Gasteiger partial charge in [0, 0.05) is 17.8 Å². The number of amides is 1. The lowest BCUT2D eigenvalue weighted by atomic mass is 10.2. The number of methoxy groups -OCH3 is 1. The van der Waals surface area contributed by atoms with E-state index < -0.39 is 11.0 Å². The van der Waals surface area contributed by atoms with E-state index in [1.807, 2.05) is 6.92 Å². The van der Waals surface area contributed by atoms with Gasteiger partial charge in [0.15, 0.2) is 6.10 Å². The second-order valence-corrected chi connectivity index (χ2v) is 4.99. The van der Waals surface area contributed by atoms with E-state index >= 15 is 0 Å². The number of non-ortho nitro benzene ring substituents is 1. The maximum atomic E-state index is 12.3. The van der Waals surface area contributed by atoms with Crippen LogP contribution in [0, 0.1) is 10.1 Å². The number of benzene rings is 2. The van der Waals surface area contributed by atoms with E-state index in [0.717, 1.165) is 0 Å². The number of carbonyl (C=O) groups is 1. The molecule has 0 aromatic heterocycles. The number of hydrogen-bond acceptors (Lipinski definition) is 5. The van der Waals surface area contributed by atoms with Gasteiger partial charge in [0.25, 0.3) is 11.6 Å². The average Bonchev–Trinajstić information content (AvgIpc) is 2.60. The molecule has 0 unspecified atom stereocenters. The molecule has 0 heterocycles. The van der Waals surface area contributed by atoms with Crippen molar-refractivity contribution in [3.8, 4) is 11.5 Å². The summed E-state index contributed by atoms with van der Waals surface area (Å²) in [6.07, 6.45) is -0.259. The maximum Gasteiger partial charge on any atom is 0.271 e. The highest BCUT2D eigenvalue weighted by molar-refractivity contribution is 5.94. The predicted molar refractivity (Wildman–Crippen MR) is 89.4 cm³/mol. The first-order chi connectivity index (χ1) is 11.5. The van der Waals surface area contributed by atoms with E-state index in [4.69, 9.17) is 9.47 Å². The minimum absolute atomic E-state index is 0.0862. The number of anilines is 1. The summed E-state index contributed by atoms with van der Waals surface area (Å²) in [5, 5.41) is 13.4. The van der Waals surface area contributed by atoms with Crippen molar-refractivity contribution in [2.24, 2.45) is 0 Å². The van der Waals surface area contributed by atoms with Crippen LogP contribution in [-0.2, 0) is 4.79 Å². The fraction of sp³-hybridized carbons (Fsp3) is 0.235. The van der Waals surface area contributed by atoms with Crippen molar-refractivity contribution in [1.29, 1.82) is 0 Å². The fourth-order valence-electron chi connectivity index (χ4n) is 2.06. The highest BCUT2D eigenvalue weighted by atomic mass is 16.6. The first kappa shape index (κ1) is 17.3. The number of nitro benzene ring substituents is 1. The number of carbonyl (C=O) groups excluding carboxylic acids is 1. The third-order valence-corrected chi connectivity index (χ3v) is 3.33. The molecule has 7 heteroatoms. The van der Waals surface area contributed by atoms with Crippen LogP contribution in [0.2, 0.25) is 0 Å². The smallest absolute Gasteiger partial charge is 0.271 e. The topological polar surface area (TPSA) is 90.7 Å². The molecule has 0 saturated heterocycles. The van der Waals surface area contributed by atoms with Gasteiger partial charge >= 0.3 is 0 Å². The molecule has 0 aliphatic carbocycles. The monoisotopic (exact) mass is 330 g/mol. The van der Waals surface area contributed by atoms with Crippen LogP contribution in [0.4, 0.5) is 11.4 Å². The molecule has 0 spiro atoms. The molecule has 1 atom stereocenters. The molecule has 2 aromatic carbocycles. The third-order valence-electron chi connectivity index (χ3n) is 3.33. The number of nitrogens with zero attached hydrogens (tertiary/aromatic N) is 1. The van der Waals surface area contributed by atoms with Gasteiger partial charge in [-0.1, -0.05) is 13.0 Å². The van der Waals surface area contributed by atoms with Gasteiger partial charge in [0.05, 0.1) is 12.0 Å². The zero-order valence-corrected chi connectivity index (χ0v) is 13.4. The fourth-order valence-corrected chi connectivity index (χ4v) is 2.06. The quantitative estimate of drug-likeness (QED) is 0.620. The van der Waals surface area contributed by atoms with E-state index in [2.05, 4.69) is 5.32 Å². The molecule has 2 rings (SSSR count). The van der Waals surface area contributed by atoms with Crippen molar-refractivity contribution in [3.63, 3.8) is 0 Å². The Hall–Kier alpha value is -3.09. The molecule has 7 nitrogen and oxygen atoms in total. The molecule has 0 fully saturated rings. The Labute approximate surface area is 139 Å². The number of hydrogen-bond donors (Lipinski definition) is 1. The average molecular weight is 330 g/mol. The third kappa shape index (κ3) is 4.45. The predicted octanol–water partition coefficient (Wildman–Crippen LogP) is 3.40. The maximum absolute atomic E-state index is 12.3. The van der Waals surface area contributed by atoms with Crippen molar-refractivity contribution in [2.75, 3.05) is 12.4 Å². The molecule has 0 bridgehead atoms. The molecule has 1 amide bonds. The number of rotatable bonds is 7. The SMILES string of the molecule is CC[C@@H](Oc1ccc(OC)cc1)C(=O)Nc1cccc([N+](=O)[O-])c1. The van der Waals surface area contributed by atoms with Crippen molar-refractivity contribution >= 4 is 17.3 Å². The largest absolute Gasteiger partial charge is 0.497 e. The van der Waals surface area contributed by atoms with Crippen LogP contribution in [0.3, 0.4) is 0 Å². The first-order valence-corrected chi connectivity index (χ1v) is 7.39. The standard InChI is InChI=1S/C17H18N2O5/c1-3-16(24-15-9-7-14(23-2)8-10-15)17(20)18-12-5-4-6-13(11-12)19(21)22/h4-11,16H,3H2,1-2H3,(H,18,20)/t16-/m1/s1. The van der Waals surface area contributed by atoms with Gasteiger partial charge in [0.1, 0.15) is 11.5 Å². The molecule has 0 aliphatic heterocycles. The van der Waals surface area contributed by atoms with Gasteiger partial charge in [-0.05, 0) is 36.8 Å². The number of ether oxygens (including phenoxy) is 2. The molecule has 1 N–H and O–H groups in total. The van der Waals surface area contributed by atoms with Gasteiger partial charge in [0.2, 0.25) is 0 Å². The lowest BCUT2D eigenvalue weighted by Gasteiger charge is -2.17. The summed E-state index contributed by atoms with van der Waals surface area (Å²) in [5.41, 5.74) is 0.267. The Morgan fingerprint density at radius 3 is 2.46 bits per heavy atom. The van der Waals surface area contributed by atoms with Crippen molar-refractivity contribution in [2.45, 2.75) is 19.4 Å². The van der Waals surface area contributed by atoms with E-state index in [1.54, 1.807) is 37.4 Å². The van der Waals surface area contributed by atoms with Gasteiger partial charge in [-0.15, -0.1) is 0 Å². The van der Waals surface area contributed by atoms with E-state index in [9.17, 15) is 14.9 Å². The van der Waals surface area contributed by atoms with Gasteiger partial charge in [-0.25, -0.2) is 0 Å². The summed E-state index contributed by atoms with van der Waals surface area (Å²) in [7, 11) is 1.57.